The molecule has 0 amide bonds. The van der Waals surface area contributed by atoms with Crippen LogP contribution in [0.3, 0.4) is 0 Å². The third-order valence-corrected chi connectivity index (χ3v) is 3.07. The Morgan fingerprint density at radius 1 is 1.39 bits per heavy atom. The summed E-state index contributed by atoms with van der Waals surface area (Å²) in [6.45, 7) is 9.07. The summed E-state index contributed by atoms with van der Waals surface area (Å²) in [6, 6.07) is 6.04. The topological polar surface area (TPSA) is 46.6 Å². The first-order valence-corrected chi connectivity index (χ1v) is 6.58. The number of anilines is 1. The highest BCUT2D eigenvalue weighted by Crippen LogP contribution is 2.22. The minimum Gasteiger partial charge on any atom is -0.355 e. The lowest BCUT2D eigenvalue weighted by Crippen LogP contribution is -2.28. The first-order valence-electron chi connectivity index (χ1n) is 6.58. The van der Waals surface area contributed by atoms with Crippen molar-refractivity contribution in [3.63, 3.8) is 0 Å². The van der Waals surface area contributed by atoms with Gasteiger partial charge in [-0.3, -0.25) is 0 Å². The van der Waals surface area contributed by atoms with Gasteiger partial charge in [0.15, 0.2) is 5.82 Å². The van der Waals surface area contributed by atoms with Crippen LogP contribution in [-0.2, 0) is 6.54 Å². The van der Waals surface area contributed by atoms with E-state index in [4.69, 9.17) is 10.7 Å². The molecule has 0 spiro atoms. The van der Waals surface area contributed by atoms with Crippen molar-refractivity contribution in [3.05, 3.63) is 30.1 Å². The molecule has 0 saturated carbocycles. The number of aromatic nitrogens is 2. The first-order chi connectivity index (χ1) is 8.67. The highest BCUT2D eigenvalue weighted by molar-refractivity contribution is 5.55. The summed E-state index contributed by atoms with van der Waals surface area (Å²) < 4.78 is 2.08. The van der Waals surface area contributed by atoms with Gasteiger partial charge in [-0.05, 0) is 25.0 Å². The van der Waals surface area contributed by atoms with E-state index in [0.29, 0.717) is 12.5 Å². The Kier molecular flexibility index (Phi) is 3.87. The van der Waals surface area contributed by atoms with Crippen LogP contribution in [0.15, 0.2) is 24.4 Å². The molecule has 0 aliphatic carbocycles. The standard InChI is InChI=1S/C14H22N4/c1-4-17(10-11(2)3)14-12(9-15)18-8-6-5-7-13(18)16-14/h5-8,11H,4,9-10,15H2,1-3H3. The van der Waals surface area contributed by atoms with Gasteiger partial charge in [-0.25, -0.2) is 4.98 Å². The predicted octanol–water partition coefficient (Wildman–Crippen LogP) is 2.28. The zero-order valence-electron chi connectivity index (χ0n) is 11.4. The normalized spacial score (nSPS) is 11.4. The number of nitrogens with zero attached hydrogens (tertiary/aromatic N) is 3. The van der Waals surface area contributed by atoms with E-state index in [1.54, 1.807) is 0 Å². The lowest BCUT2D eigenvalue weighted by molar-refractivity contribution is 0.613. The van der Waals surface area contributed by atoms with Gasteiger partial charge in [0.05, 0.1) is 5.69 Å². The molecular weight excluding hydrogens is 224 g/mol. The molecule has 0 atom stereocenters. The maximum atomic E-state index is 5.90. The van der Waals surface area contributed by atoms with E-state index in [-0.39, 0.29) is 0 Å². The Hall–Kier alpha value is -1.55. The van der Waals surface area contributed by atoms with Crippen molar-refractivity contribution < 1.29 is 0 Å². The fourth-order valence-corrected chi connectivity index (χ4v) is 2.28. The predicted molar refractivity (Wildman–Crippen MR) is 75.8 cm³/mol. The summed E-state index contributed by atoms with van der Waals surface area (Å²) in [5, 5.41) is 0. The van der Waals surface area contributed by atoms with E-state index in [2.05, 4.69) is 30.1 Å². The number of nitrogens with two attached hydrogens (primary N) is 1. The molecule has 2 heterocycles. The summed E-state index contributed by atoms with van der Waals surface area (Å²) in [4.78, 5) is 7.02. The van der Waals surface area contributed by atoms with Gasteiger partial charge in [-0.2, -0.15) is 0 Å². The Balaban J connectivity index is 2.48. The molecule has 0 unspecified atom stereocenters. The zero-order valence-corrected chi connectivity index (χ0v) is 11.4. The van der Waals surface area contributed by atoms with Crippen molar-refractivity contribution in [2.75, 3.05) is 18.0 Å². The largest absolute Gasteiger partial charge is 0.355 e. The number of hydrogen-bond acceptors (Lipinski definition) is 3. The summed E-state index contributed by atoms with van der Waals surface area (Å²) in [5.74, 6) is 1.64. The van der Waals surface area contributed by atoms with Gasteiger partial charge in [-0.15, -0.1) is 0 Å². The summed E-state index contributed by atoms with van der Waals surface area (Å²) in [6.07, 6.45) is 2.03. The molecule has 0 bridgehead atoms. The number of imidazole rings is 1. The van der Waals surface area contributed by atoms with Crippen molar-refractivity contribution >= 4 is 11.5 Å². The lowest BCUT2D eigenvalue weighted by atomic mass is 10.2. The van der Waals surface area contributed by atoms with Crippen molar-refractivity contribution in [2.24, 2.45) is 11.7 Å². The van der Waals surface area contributed by atoms with E-state index in [1.165, 1.54) is 0 Å². The molecule has 0 radical (unpaired) electrons. The molecular formula is C14H22N4. The SMILES string of the molecule is CCN(CC(C)C)c1nc2ccccn2c1CN. The van der Waals surface area contributed by atoms with Crippen molar-refractivity contribution in [3.8, 4) is 0 Å². The fourth-order valence-electron chi connectivity index (χ4n) is 2.28. The monoisotopic (exact) mass is 246 g/mol. The van der Waals surface area contributed by atoms with E-state index in [1.807, 2.05) is 24.4 Å². The quantitative estimate of drug-likeness (QED) is 0.880. The van der Waals surface area contributed by atoms with Gasteiger partial charge in [0.1, 0.15) is 5.65 Å². The molecule has 2 aromatic heterocycles. The van der Waals surface area contributed by atoms with Gasteiger partial charge in [0.2, 0.25) is 0 Å². The van der Waals surface area contributed by atoms with Gasteiger partial charge in [0, 0.05) is 25.8 Å². The Morgan fingerprint density at radius 2 is 2.17 bits per heavy atom. The molecule has 4 heteroatoms. The molecule has 2 N–H and O–H groups in total. The summed E-state index contributed by atoms with van der Waals surface area (Å²) in [5.41, 5.74) is 7.96. The molecule has 0 aliphatic rings. The van der Waals surface area contributed by atoms with Crippen LogP contribution in [-0.4, -0.2) is 22.5 Å². The summed E-state index contributed by atoms with van der Waals surface area (Å²) >= 11 is 0. The van der Waals surface area contributed by atoms with Crippen LogP contribution in [0.5, 0.6) is 0 Å². The van der Waals surface area contributed by atoms with Crippen molar-refractivity contribution in [2.45, 2.75) is 27.3 Å². The molecule has 98 valence electrons. The summed E-state index contributed by atoms with van der Waals surface area (Å²) in [7, 11) is 0. The Labute approximate surface area is 108 Å². The third kappa shape index (κ3) is 2.34. The fraction of sp³-hybridized carbons (Fsp3) is 0.500. The smallest absolute Gasteiger partial charge is 0.152 e. The van der Waals surface area contributed by atoms with Gasteiger partial charge in [0.25, 0.3) is 0 Å². The van der Waals surface area contributed by atoms with Crippen LogP contribution in [0, 0.1) is 5.92 Å². The van der Waals surface area contributed by atoms with Crippen LogP contribution in [0.2, 0.25) is 0 Å². The van der Waals surface area contributed by atoms with Gasteiger partial charge >= 0.3 is 0 Å². The van der Waals surface area contributed by atoms with E-state index in [9.17, 15) is 0 Å². The molecule has 0 saturated heterocycles. The van der Waals surface area contributed by atoms with Gasteiger partial charge in [-0.1, -0.05) is 19.9 Å². The van der Waals surface area contributed by atoms with Crippen molar-refractivity contribution in [1.82, 2.24) is 9.38 Å². The molecule has 4 nitrogen and oxygen atoms in total. The van der Waals surface area contributed by atoms with E-state index >= 15 is 0 Å². The minimum absolute atomic E-state index is 0.509. The van der Waals surface area contributed by atoms with Crippen LogP contribution < -0.4 is 10.6 Å². The highest BCUT2D eigenvalue weighted by atomic mass is 15.2. The number of hydrogen-bond donors (Lipinski definition) is 1. The second kappa shape index (κ2) is 5.40. The molecule has 0 aliphatic heterocycles. The van der Waals surface area contributed by atoms with Crippen LogP contribution in [0.1, 0.15) is 26.5 Å². The second-order valence-corrected chi connectivity index (χ2v) is 4.95. The Bertz CT molecular complexity index is 515. The van der Waals surface area contributed by atoms with Crippen molar-refractivity contribution in [1.29, 1.82) is 0 Å². The maximum absolute atomic E-state index is 5.90. The Morgan fingerprint density at radius 3 is 2.78 bits per heavy atom. The molecule has 0 aromatic carbocycles. The average Bonchev–Trinajstić information content (AvgIpc) is 2.73. The third-order valence-electron chi connectivity index (χ3n) is 3.07. The van der Waals surface area contributed by atoms with E-state index < -0.39 is 0 Å². The number of fused-ring (bicyclic) bond motifs is 1. The maximum Gasteiger partial charge on any atom is 0.152 e. The average molecular weight is 246 g/mol. The van der Waals surface area contributed by atoms with Crippen LogP contribution in [0.4, 0.5) is 5.82 Å². The van der Waals surface area contributed by atoms with Gasteiger partial charge < -0.3 is 15.0 Å². The molecule has 2 aromatic rings. The minimum atomic E-state index is 0.509. The van der Waals surface area contributed by atoms with E-state index in [0.717, 1.165) is 30.2 Å². The number of rotatable bonds is 5. The number of pyridine rings is 1. The molecule has 2 rings (SSSR count). The first kappa shape index (κ1) is 12.9. The second-order valence-electron chi connectivity index (χ2n) is 4.95. The zero-order chi connectivity index (χ0) is 13.1. The lowest BCUT2D eigenvalue weighted by Gasteiger charge is -2.23. The van der Waals surface area contributed by atoms with Crippen LogP contribution in [0.25, 0.3) is 5.65 Å². The molecule has 0 fully saturated rings. The highest BCUT2D eigenvalue weighted by Gasteiger charge is 2.16. The van der Waals surface area contributed by atoms with Crippen LogP contribution >= 0.6 is 0 Å². The molecule has 18 heavy (non-hydrogen) atoms.